The highest BCUT2D eigenvalue weighted by atomic mass is 79.9. The molecule has 2 rings (SSSR count). The molecule has 116 valence electrons. The monoisotopic (exact) mass is 383 g/mol. The number of aryl methyl sites for hydroxylation is 1. The Kier molecular flexibility index (Phi) is 5.98. The van der Waals surface area contributed by atoms with Crippen molar-refractivity contribution >= 4 is 33.4 Å². The zero-order valence-electron chi connectivity index (χ0n) is 12.2. The fraction of sp³-hybridized carbons (Fsp3) is 0.235. The van der Waals surface area contributed by atoms with Gasteiger partial charge in [0.25, 0.3) is 0 Å². The molecule has 2 aromatic rings. The molecule has 0 radical (unpaired) electrons. The number of rotatable bonds is 5. The van der Waals surface area contributed by atoms with E-state index in [1.165, 1.54) is 11.0 Å². The van der Waals surface area contributed by atoms with Gasteiger partial charge in [0.1, 0.15) is 5.82 Å². The van der Waals surface area contributed by atoms with Gasteiger partial charge in [-0.1, -0.05) is 45.7 Å². The maximum Gasteiger partial charge on any atom is 0.222 e. The van der Waals surface area contributed by atoms with Gasteiger partial charge in [-0.3, -0.25) is 4.79 Å². The van der Waals surface area contributed by atoms with Gasteiger partial charge in [0.2, 0.25) is 5.91 Å². The van der Waals surface area contributed by atoms with E-state index < -0.39 is 0 Å². The minimum atomic E-state index is -0.311. The van der Waals surface area contributed by atoms with Gasteiger partial charge in [-0.05, 0) is 36.2 Å². The van der Waals surface area contributed by atoms with Crippen LogP contribution < -0.4 is 0 Å². The highest BCUT2D eigenvalue weighted by molar-refractivity contribution is 9.10. The van der Waals surface area contributed by atoms with Gasteiger partial charge in [0, 0.05) is 35.1 Å². The average molecular weight is 385 g/mol. The maximum absolute atomic E-state index is 13.7. The molecule has 0 saturated carbocycles. The Balaban J connectivity index is 1.95. The summed E-state index contributed by atoms with van der Waals surface area (Å²) in [4.78, 5) is 13.7. The van der Waals surface area contributed by atoms with Gasteiger partial charge in [0.05, 0.1) is 0 Å². The summed E-state index contributed by atoms with van der Waals surface area (Å²) in [7, 11) is 1.68. The number of amides is 1. The summed E-state index contributed by atoms with van der Waals surface area (Å²) in [5.41, 5.74) is 1.43. The second kappa shape index (κ2) is 7.75. The Morgan fingerprint density at radius 1 is 1.23 bits per heavy atom. The highest BCUT2D eigenvalue weighted by Gasteiger charge is 2.13. The van der Waals surface area contributed by atoms with Crippen molar-refractivity contribution in [2.24, 2.45) is 0 Å². The minimum Gasteiger partial charge on any atom is -0.341 e. The predicted molar refractivity (Wildman–Crippen MR) is 90.3 cm³/mol. The maximum atomic E-state index is 13.7. The van der Waals surface area contributed by atoms with Crippen LogP contribution in [0.1, 0.15) is 17.5 Å². The number of halogens is 3. The normalized spacial score (nSPS) is 10.5. The van der Waals surface area contributed by atoms with Crippen molar-refractivity contribution in [3.8, 4) is 0 Å². The highest BCUT2D eigenvalue weighted by Crippen LogP contribution is 2.19. The number of carbonyl (C=O) groups excluding carboxylic acids is 1. The Bertz CT molecular complexity index is 677. The van der Waals surface area contributed by atoms with Gasteiger partial charge >= 0.3 is 0 Å². The molecular weight excluding hydrogens is 369 g/mol. The standard InChI is InChI=1S/C17H16BrClFNO/c1-21(11-13-10-14(18)7-8-16(13)20)17(22)9-6-12-4-2-3-5-15(12)19/h2-5,7-8,10H,6,9,11H2,1H3. The number of hydrogen-bond acceptors (Lipinski definition) is 1. The molecule has 0 aliphatic rings. The van der Waals surface area contributed by atoms with Gasteiger partial charge in [-0.2, -0.15) is 0 Å². The lowest BCUT2D eigenvalue weighted by molar-refractivity contribution is -0.130. The third-order valence-electron chi connectivity index (χ3n) is 3.41. The number of nitrogens with zero attached hydrogens (tertiary/aromatic N) is 1. The molecule has 0 spiro atoms. The first-order chi connectivity index (χ1) is 10.5. The first kappa shape index (κ1) is 17.0. The van der Waals surface area contributed by atoms with Crippen molar-refractivity contribution in [3.05, 3.63) is 68.9 Å². The molecule has 0 unspecified atom stereocenters. The van der Waals surface area contributed by atoms with Crippen molar-refractivity contribution in [2.75, 3.05) is 7.05 Å². The van der Waals surface area contributed by atoms with E-state index in [4.69, 9.17) is 11.6 Å². The molecule has 0 bridgehead atoms. The lowest BCUT2D eigenvalue weighted by Gasteiger charge is -2.18. The van der Waals surface area contributed by atoms with E-state index in [1.54, 1.807) is 19.2 Å². The van der Waals surface area contributed by atoms with Crippen LogP contribution in [0.25, 0.3) is 0 Å². The summed E-state index contributed by atoms with van der Waals surface area (Å²) >= 11 is 9.38. The smallest absolute Gasteiger partial charge is 0.222 e. The van der Waals surface area contributed by atoms with E-state index in [-0.39, 0.29) is 18.3 Å². The zero-order valence-corrected chi connectivity index (χ0v) is 14.5. The Hall–Kier alpha value is -1.39. The lowest BCUT2D eigenvalue weighted by Crippen LogP contribution is -2.26. The average Bonchev–Trinajstić information content (AvgIpc) is 2.49. The second-order valence-electron chi connectivity index (χ2n) is 5.08. The number of benzene rings is 2. The number of carbonyl (C=O) groups is 1. The summed E-state index contributed by atoms with van der Waals surface area (Å²) in [6.07, 6.45) is 0.916. The summed E-state index contributed by atoms with van der Waals surface area (Å²) in [5, 5.41) is 0.663. The number of hydrogen-bond donors (Lipinski definition) is 0. The summed E-state index contributed by atoms with van der Waals surface area (Å²) in [6, 6.07) is 12.2. The second-order valence-corrected chi connectivity index (χ2v) is 6.40. The Morgan fingerprint density at radius 2 is 1.95 bits per heavy atom. The van der Waals surface area contributed by atoms with Crippen LogP contribution in [-0.4, -0.2) is 17.9 Å². The fourth-order valence-corrected chi connectivity index (χ4v) is 2.78. The Labute approximate surface area is 143 Å². The molecule has 0 N–H and O–H groups in total. The van der Waals surface area contributed by atoms with E-state index in [1.807, 2.05) is 24.3 Å². The minimum absolute atomic E-state index is 0.0423. The molecule has 0 aliphatic heterocycles. The molecule has 1 amide bonds. The molecule has 0 atom stereocenters. The molecule has 0 aromatic heterocycles. The van der Waals surface area contributed by atoms with Crippen LogP contribution in [0.5, 0.6) is 0 Å². The van der Waals surface area contributed by atoms with Crippen LogP contribution in [-0.2, 0) is 17.8 Å². The first-order valence-corrected chi connectivity index (χ1v) is 8.06. The van der Waals surface area contributed by atoms with E-state index in [0.717, 1.165) is 10.0 Å². The van der Waals surface area contributed by atoms with E-state index >= 15 is 0 Å². The molecule has 5 heteroatoms. The lowest BCUT2D eigenvalue weighted by atomic mass is 10.1. The largest absolute Gasteiger partial charge is 0.341 e. The van der Waals surface area contributed by atoms with Gasteiger partial charge < -0.3 is 4.90 Å². The van der Waals surface area contributed by atoms with Crippen molar-refractivity contribution in [3.63, 3.8) is 0 Å². The molecular formula is C17H16BrClFNO. The molecule has 0 fully saturated rings. The van der Waals surface area contributed by atoms with Crippen LogP contribution in [0.2, 0.25) is 5.02 Å². The van der Waals surface area contributed by atoms with Gasteiger partial charge in [-0.15, -0.1) is 0 Å². The molecule has 0 heterocycles. The Morgan fingerprint density at radius 3 is 2.68 bits per heavy atom. The predicted octanol–water partition coefficient (Wildman–Crippen LogP) is 4.83. The SMILES string of the molecule is CN(Cc1cc(Br)ccc1F)C(=O)CCc1ccccc1Cl. The quantitative estimate of drug-likeness (QED) is 0.723. The van der Waals surface area contributed by atoms with Gasteiger partial charge in [-0.25, -0.2) is 4.39 Å². The zero-order chi connectivity index (χ0) is 16.1. The molecule has 2 aromatic carbocycles. The molecule has 22 heavy (non-hydrogen) atoms. The molecule has 2 nitrogen and oxygen atoms in total. The summed E-state index contributed by atoms with van der Waals surface area (Å²) in [5.74, 6) is -0.353. The topological polar surface area (TPSA) is 20.3 Å². The van der Waals surface area contributed by atoms with Gasteiger partial charge in [0.15, 0.2) is 0 Å². The summed E-state index contributed by atoms with van der Waals surface area (Å²) < 4.78 is 14.5. The van der Waals surface area contributed by atoms with Crippen LogP contribution in [0.3, 0.4) is 0 Å². The van der Waals surface area contributed by atoms with Crippen LogP contribution in [0.15, 0.2) is 46.9 Å². The fourth-order valence-electron chi connectivity index (χ4n) is 2.14. The van der Waals surface area contributed by atoms with Crippen LogP contribution in [0.4, 0.5) is 4.39 Å². The third kappa shape index (κ3) is 4.55. The van der Waals surface area contributed by atoms with Crippen molar-refractivity contribution in [2.45, 2.75) is 19.4 Å². The van der Waals surface area contributed by atoms with Crippen LogP contribution in [0, 0.1) is 5.82 Å². The van der Waals surface area contributed by atoms with E-state index in [9.17, 15) is 9.18 Å². The van der Waals surface area contributed by atoms with Crippen molar-refractivity contribution < 1.29 is 9.18 Å². The first-order valence-electron chi connectivity index (χ1n) is 6.88. The summed E-state index contributed by atoms with van der Waals surface area (Å²) in [6.45, 7) is 0.243. The van der Waals surface area contributed by atoms with E-state index in [0.29, 0.717) is 23.4 Å². The van der Waals surface area contributed by atoms with Crippen LogP contribution >= 0.6 is 27.5 Å². The molecule has 0 aliphatic carbocycles. The van der Waals surface area contributed by atoms with Crippen molar-refractivity contribution in [1.82, 2.24) is 4.90 Å². The molecule has 0 saturated heterocycles. The van der Waals surface area contributed by atoms with E-state index in [2.05, 4.69) is 15.9 Å². The third-order valence-corrected chi connectivity index (χ3v) is 4.27. The van der Waals surface area contributed by atoms with Crippen molar-refractivity contribution in [1.29, 1.82) is 0 Å².